The standard InChI is InChI=1S/C22H30NO3/c1-13(2)11-21(4)7-6-18-22(12-21)14(3)8-19(25-5)23-16-9-15(24)10-17(26-18)20(16)22/h15-16,18,24H,1,6-7,9-12H2,2-5H3/q+1/t15-,16+,18-,21?,22?/m1/s1. The third kappa shape index (κ3) is 2.54. The first-order valence-corrected chi connectivity index (χ1v) is 9.73. The van der Waals surface area contributed by atoms with Gasteiger partial charge in [-0.25, -0.2) is 0 Å². The van der Waals surface area contributed by atoms with Crippen molar-refractivity contribution in [2.75, 3.05) is 7.11 Å². The SMILES string of the molecule is C=C(C)CC1(C)CC[C@H]2OC3=C4[C@H](C[C@@H](O)C3)N=C(OC)[C+]=C(C)C42C1. The lowest BCUT2D eigenvalue weighted by atomic mass is 9.54. The molecule has 2 unspecified atom stereocenters. The molecule has 1 saturated carbocycles. The van der Waals surface area contributed by atoms with Crippen LogP contribution >= 0.6 is 0 Å². The minimum absolute atomic E-state index is 0.0779. The molecule has 4 heteroatoms. The van der Waals surface area contributed by atoms with Crippen LogP contribution in [0.3, 0.4) is 0 Å². The van der Waals surface area contributed by atoms with Crippen LogP contribution in [0.5, 0.6) is 0 Å². The number of nitrogens with zero attached hydrogens (tertiary/aromatic N) is 1. The summed E-state index contributed by atoms with van der Waals surface area (Å²) in [6.07, 6.45) is 8.59. The van der Waals surface area contributed by atoms with Crippen molar-refractivity contribution in [1.29, 1.82) is 0 Å². The summed E-state index contributed by atoms with van der Waals surface area (Å²) in [5, 5.41) is 10.4. The Balaban J connectivity index is 1.86. The molecule has 4 nitrogen and oxygen atoms in total. The Morgan fingerprint density at radius 2 is 2.27 bits per heavy atom. The van der Waals surface area contributed by atoms with Gasteiger partial charge in [0.05, 0.1) is 19.3 Å². The van der Waals surface area contributed by atoms with E-state index in [0.29, 0.717) is 18.7 Å². The predicted molar refractivity (Wildman–Crippen MR) is 102 cm³/mol. The molecule has 140 valence electrons. The number of hydrogen-bond acceptors (Lipinski definition) is 4. The van der Waals surface area contributed by atoms with Gasteiger partial charge < -0.3 is 14.6 Å². The Labute approximate surface area is 156 Å². The number of hydrogen-bond donors (Lipinski definition) is 1. The van der Waals surface area contributed by atoms with Gasteiger partial charge in [0.1, 0.15) is 17.3 Å². The highest BCUT2D eigenvalue weighted by atomic mass is 16.5. The summed E-state index contributed by atoms with van der Waals surface area (Å²) in [5.41, 5.74) is 3.71. The molecule has 2 aliphatic heterocycles. The largest absolute Gasteiger partial charge is 0.493 e. The Bertz CT molecular complexity index is 734. The Morgan fingerprint density at radius 3 is 2.96 bits per heavy atom. The highest BCUT2D eigenvalue weighted by Crippen LogP contribution is 2.63. The van der Waals surface area contributed by atoms with Gasteiger partial charge in [-0.05, 0) is 38.0 Å². The molecule has 2 aliphatic carbocycles. The van der Waals surface area contributed by atoms with Crippen molar-refractivity contribution in [3.05, 3.63) is 35.1 Å². The van der Waals surface area contributed by atoms with Crippen LogP contribution in [0.1, 0.15) is 59.3 Å². The lowest BCUT2D eigenvalue weighted by molar-refractivity contribution is -0.00977. The molecule has 0 radical (unpaired) electrons. The molecule has 2 heterocycles. The van der Waals surface area contributed by atoms with Crippen LogP contribution in [-0.2, 0) is 9.47 Å². The fourth-order valence-corrected chi connectivity index (χ4v) is 5.95. The lowest BCUT2D eigenvalue weighted by Gasteiger charge is -2.47. The predicted octanol–water partition coefficient (Wildman–Crippen LogP) is 4.11. The summed E-state index contributed by atoms with van der Waals surface area (Å²) in [7, 11) is 1.65. The number of rotatable bonds is 2. The van der Waals surface area contributed by atoms with Gasteiger partial charge in [-0.1, -0.05) is 12.5 Å². The van der Waals surface area contributed by atoms with Crippen LogP contribution < -0.4 is 0 Å². The van der Waals surface area contributed by atoms with Crippen molar-refractivity contribution in [2.45, 2.75) is 77.5 Å². The van der Waals surface area contributed by atoms with Gasteiger partial charge in [-0.2, -0.15) is 4.99 Å². The Morgan fingerprint density at radius 1 is 1.50 bits per heavy atom. The van der Waals surface area contributed by atoms with E-state index in [4.69, 9.17) is 14.5 Å². The van der Waals surface area contributed by atoms with Crippen molar-refractivity contribution in [1.82, 2.24) is 0 Å². The Hall–Kier alpha value is -1.64. The van der Waals surface area contributed by atoms with Gasteiger partial charge in [0.2, 0.25) is 0 Å². The second-order valence-corrected chi connectivity index (χ2v) is 9.07. The van der Waals surface area contributed by atoms with E-state index in [1.54, 1.807) is 7.11 Å². The molecule has 1 N–H and O–H groups in total. The fourth-order valence-electron chi connectivity index (χ4n) is 5.95. The van der Waals surface area contributed by atoms with Gasteiger partial charge in [0.25, 0.3) is 0 Å². The number of aliphatic hydroxyl groups excluding tert-OH is 1. The second-order valence-electron chi connectivity index (χ2n) is 9.07. The van der Waals surface area contributed by atoms with Crippen molar-refractivity contribution in [3.63, 3.8) is 0 Å². The van der Waals surface area contributed by atoms with Crippen molar-refractivity contribution < 1.29 is 14.6 Å². The van der Waals surface area contributed by atoms with Gasteiger partial charge in [-0.15, -0.1) is 6.58 Å². The lowest BCUT2D eigenvalue weighted by Crippen LogP contribution is -2.46. The summed E-state index contributed by atoms with van der Waals surface area (Å²) in [6, 6.07) is -0.0779. The molecule has 0 bridgehead atoms. The minimum Gasteiger partial charge on any atom is -0.493 e. The molecule has 26 heavy (non-hydrogen) atoms. The molecule has 1 fully saturated rings. The summed E-state index contributed by atoms with van der Waals surface area (Å²) in [5.74, 6) is 1.52. The van der Waals surface area contributed by atoms with Crippen LogP contribution in [-0.4, -0.2) is 36.4 Å². The molecule has 1 spiro atoms. The zero-order valence-electron chi connectivity index (χ0n) is 16.4. The van der Waals surface area contributed by atoms with Crippen LogP contribution in [0.25, 0.3) is 0 Å². The van der Waals surface area contributed by atoms with E-state index in [1.807, 2.05) is 0 Å². The zero-order chi connectivity index (χ0) is 18.7. The monoisotopic (exact) mass is 356 g/mol. The number of allylic oxidation sites excluding steroid dienone is 1. The maximum Gasteiger partial charge on any atom is 0.470 e. The molecule has 5 atom stereocenters. The number of ether oxygens (including phenoxy) is 2. The smallest absolute Gasteiger partial charge is 0.470 e. The van der Waals surface area contributed by atoms with E-state index in [-0.39, 0.29) is 23.0 Å². The first-order valence-electron chi connectivity index (χ1n) is 9.73. The van der Waals surface area contributed by atoms with Crippen molar-refractivity contribution in [3.8, 4) is 0 Å². The maximum absolute atomic E-state index is 10.4. The van der Waals surface area contributed by atoms with Crippen LogP contribution in [0, 0.1) is 16.9 Å². The van der Waals surface area contributed by atoms with Gasteiger partial charge in [-0.3, -0.25) is 0 Å². The van der Waals surface area contributed by atoms with E-state index in [0.717, 1.165) is 31.4 Å². The third-order valence-corrected chi connectivity index (χ3v) is 6.74. The third-order valence-electron chi connectivity index (χ3n) is 6.74. The van der Waals surface area contributed by atoms with Gasteiger partial charge in [0, 0.05) is 25.3 Å². The first kappa shape index (κ1) is 17.8. The van der Waals surface area contributed by atoms with E-state index in [1.165, 1.54) is 16.7 Å². The van der Waals surface area contributed by atoms with E-state index in [2.05, 4.69) is 33.4 Å². The summed E-state index contributed by atoms with van der Waals surface area (Å²) in [6.45, 7) is 10.8. The van der Waals surface area contributed by atoms with Crippen LogP contribution in [0.4, 0.5) is 0 Å². The van der Waals surface area contributed by atoms with Crippen LogP contribution in [0.15, 0.2) is 34.0 Å². The highest BCUT2D eigenvalue weighted by Gasteiger charge is 2.64. The first-order chi connectivity index (χ1) is 12.3. The topological polar surface area (TPSA) is 51.0 Å². The average Bonchev–Trinajstić information content (AvgIpc) is 2.80. The average molecular weight is 356 g/mol. The van der Waals surface area contributed by atoms with Crippen LogP contribution in [0.2, 0.25) is 0 Å². The molecule has 4 rings (SSSR count). The van der Waals surface area contributed by atoms with Gasteiger partial charge >= 0.3 is 12.0 Å². The number of aliphatic hydroxyl groups is 1. The van der Waals surface area contributed by atoms with E-state index < -0.39 is 6.10 Å². The summed E-state index contributed by atoms with van der Waals surface area (Å²) in [4.78, 5) is 4.80. The Kier molecular flexibility index (Phi) is 4.05. The van der Waals surface area contributed by atoms with Crippen molar-refractivity contribution >= 4 is 5.90 Å². The molecule has 0 saturated heterocycles. The molecule has 0 aromatic rings. The van der Waals surface area contributed by atoms with Gasteiger partial charge in [0.15, 0.2) is 5.57 Å². The highest BCUT2D eigenvalue weighted by molar-refractivity contribution is 5.85. The number of aliphatic imine (C=N–C) groups is 1. The number of methoxy groups -OCH3 is 1. The summed E-state index contributed by atoms with van der Waals surface area (Å²) >= 11 is 0. The molecular formula is C22H30NO3+. The molecule has 0 amide bonds. The normalized spacial score (nSPS) is 41.0. The van der Waals surface area contributed by atoms with Crippen molar-refractivity contribution in [2.24, 2.45) is 15.8 Å². The minimum atomic E-state index is -0.405. The maximum atomic E-state index is 10.4. The zero-order valence-corrected chi connectivity index (χ0v) is 16.4. The fraction of sp³-hybridized carbons (Fsp3) is 0.682. The van der Waals surface area contributed by atoms with E-state index in [9.17, 15) is 5.11 Å². The quantitative estimate of drug-likeness (QED) is 0.598. The van der Waals surface area contributed by atoms with E-state index >= 15 is 0 Å². The molecule has 4 aliphatic rings. The molecule has 0 aromatic heterocycles. The molecular weight excluding hydrogens is 326 g/mol. The molecule has 0 aromatic carbocycles. The second kappa shape index (κ2) is 5.94. The summed E-state index contributed by atoms with van der Waals surface area (Å²) < 4.78 is 11.9.